The van der Waals surface area contributed by atoms with Crippen molar-refractivity contribution in [2.45, 2.75) is 43.8 Å². The van der Waals surface area contributed by atoms with Gasteiger partial charge in [0.15, 0.2) is 5.75 Å². The maximum Gasteiger partial charge on any atom is 0.418 e. The summed E-state index contributed by atoms with van der Waals surface area (Å²) in [5.74, 6) is 1.09. The van der Waals surface area contributed by atoms with E-state index < -0.39 is 11.7 Å². The average Bonchev–Trinajstić information content (AvgIpc) is 3.36. The Hall–Kier alpha value is -2.22. The normalized spacial score (nSPS) is 18.9. The van der Waals surface area contributed by atoms with Crippen LogP contribution >= 0.6 is 0 Å². The molecule has 0 amide bonds. The lowest BCUT2D eigenvalue weighted by molar-refractivity contribution is -0.136. The molecule has 5 nitrogen and oxygen atoms in total. The number of nitrogens with zero attached hydrogens (tertiary/aromatic N) is 2. The lowest BCUT2D eigenvalue weighted by Gasteiger charge is -2.21. The summed E-state index contributed by atoms with van der Waals surface area (Å²) in [4.78, 5) is 0. The minimum absolute atomic E-state index is 0.227. The molecular weight excluding hydrogens is 347 g/mol. The van der Waals surface area contributed by atoms with Crippen LogP contribution in [0.4, 0.5) is 18.9 Å². The molecule has 1 aromatic carbocycles. The molecule has 1 saturated heterocycles. The number of halogens is 3. The SMILES string of the molecule is Nc1cc(Oc2cn(C3CC3)nc2C2CCOCC2)ccc1C(F)(F)F. The van der Waals surface area contributed by atoms with E-state index in [-0.39, 0.29) is 17.4 Å². The molecule has 140 valence electrons. The Balaban J connectivity index is 1.62. The van der Waals surface area contributed by atoms with Gasteiger partial charge in [0.05, 0.1) is 17.8 Å². The van der Waals surface area contributed by atoms with Crippen LogP contribution in [-0.4, -0.2) is 23.0 Å². The van der Waals surface area contributed by atoms with Gasteiger partial charge in [-0.3, -0.25) is 4.68 Å². The van der Waals surface area contributed by atoms with Crippen LogP contribution in [0, 0.1) is 0 Å². The van der Waals surface area contributed by atoms with Crippen molar-refractivity contribution in [3.8, 4) is 11.5 Å². The molecule has 2 heterocycles. The average molecular weight is 367 g/mol. The molecule has 2 aromatic rings. The number of nitrogen functional groups attached to an aromatic ring is 1. The maximum atomic E-state index is 12.9. The smallest absolute Gasteiger partial charge is 0.418 e. The van der Waals surface area contributed by atoms with Gasteiger partial charge in [-0.2, -0.15) is 18.3 Å². The Morgan fingerprint density at radius 1 is 1.15 bits per heavy atom. The molecule has 4 rings (SSSR count). The molecule has 1 aliphatic heterocycles. The lowest BCUT2D eigenvalue weighted by Crippen LogP contribution is -2.15. The highest BCUT2D eigenvalue weighted by Crippen LogP contribution is 2.41. The number of nitrogens with two attached hydrogens (primary N) is 1. The summed E-state index contributed by atoms with van der Waals surface area (Å²) in [5, 5.41) is 4.70. The highest BCUT2D eigenvalue weighted by molar-refractivity contribution is 5.53. The van der Waals surface area contributed by atoms with E-state index in [9.17, 15) is 13.2 Å². The number of hydrogen-bond acceptors (Lipinski definition) is 4. The summed E-state index contributed by atoms with van der Waals surface area (Å²) < 4.78 is 51.8. The molecular formula is C18H20F3N3O2. The Labute approximate surface area is 148 Å². The highest BCUT2D eigenvalue weighted by atomic mass is 19.4. The summed E-state index contributed by atoms with van der Waals surface area (Å²) in [6, 6.07) is 3.85. The van der Waals surface area contributed by atoms with Gasteiger partial charge in [0.1, 0.15) is 11.4 Å². The van der Waals surface area contributed by atoms with Gasteiger partial charge in [-0.05, 0) is 37.8 Å². The van der Waals surface area contributed by atoms with Gasteiger partial charge in [-0.25, -0.2) is 0 Å². The second-order valence-electron chi connectivity index (χ2n) is 6.83. The lowest BCUT2D eigenvalue weighted by atomic mass is 9.96. The topological polar surface area (TPSA) is 62.3 Å². The van der Waals surface area contributed by atoms with E-state index in [0.29, 0.717) is 25.0 Å². The van der Waals surface area contributed by atoms with Gasteiger partial charge in [-0.15, -0.1) is 0 Å². The zero-order chi connectivity index (χ0) is 18.3. The van der Waals surface area contributed by atoms with Crippen molar-refractivity contribution in [2.24, 2.45) is 0 Å². The molecule has 0 bridgehead atoms. The third-order valence-corrected chi connectivity index (χ3v) is 4.81. The fraction of sp³-hybridized carbons (Fsp3) is 0.500. The van der Waals surface area contributed by atoms with Crippen LogP contribution in [0.5, 0.6) is 11.5 Å². The van der Waals surface area contributed by atoms with Crippen LogP contribution in [0.3, 0.4) is 0 Å². The van der Waals surface area contributed by atoms with Gasteiger partial charge in [-0.1, -0.05) is 0 Å². The first-order valence-electron chi connectivity index (χ1n) is 8.73. The number of aromatic nitrogens is 2. The predicted molar refractivity (Wildman–Crippen MR) is 89.2 cm³/mol. The minimum atomic E-state index is -4.48. The summed E-state index contributed by atoms with van der Waals surface area (Å²) in [6.07, 6.45) is 1.24. The first-order chi connectivity index (χ1) is 12.4. The number of hydrogen-bond donors (Lipinski definition) is 1. The van der Waals surface area contributed by atoms with E-state index in [4.69, 9.17) is 20.3 Å². The Kier molecular flexibility index (Phi) is 4.30. The van der Waals surface area contributed by atoms with Crippen molar-refractivity contribution >= 4 is 5.69 Å². The second kappa shape index (κ2) is 6.50. The number of benzene rings is 1. The van der Waals surface area contributed by atoms with E-state index in [0.717, 1.165) is 37.4 Å². The molecule has 2 fully saturated rings. The number of alkyl halides is 3. The Morgan fingerprint density at radius 2 is 1.88 bits per heavy atom. The van der Waals surface area contributed by atoms with Crippen LogP contribution in [0.15, 0.2) is 24.4 Å². The van der Waals surface area contributed by atoms with Crippen LogP contribution < -0.4 is 10.5 Å². The van der Waals surface area contributed by atoms with E-state index in [1.807, 2.05) is 10.9 Å². The molecule has 0 atom stereocenters. The largest absolute Gasteiger partial charge is 0.454 e. The van der Waals surface area contributed by atoms with E-state index in [1.54, 1.807) is 0 Å². The minimum Gasteiger partial charge on any atom is -0.454 e. The van der Waals surface area contributed by atoms with Crippen LogP contribution in [-0.2, 0) is 10.9 Å². The molecule has 0 unspecified atom stereocenters. The molecule has 0 radical (unpaired) electrons. The predicted octanol–water partition coefficient (Wildman–Crippen LogP) is 4.51. The van der Waals surface area contributed by atoms with Gasteiger partial charge >= 0.3 is 6.18 Å². The van der Waals surface area contributed by atoms with Gasteiger partial charge in [0.2, 0.25) is 0 Å². The van der Waals surface area contributed by atoms with Crippen LogP contribution in [0.1, 0.15) is 48.9 Å². The molecule has 1 aromatic heterocycles. The fourth-order valence-electron chi connectivity index (χ4n) is 3.24. The van der Waals surface area contributed by atoms with Crippen molar-refractivity contribution in [3.05, 3.63) is 35.7 Å². The van der Waals surface area contributed by atoms with Crippen molar-refractivity contribution in [1.82, 2.24) is 9.78 Å². The first-order valence-corrected chi connectivity index (χ1v) is 8.73. The molecule has 2 N–H and O–H groups in total. The Morgan fingerprint density at radius 3 is 2.50 bits per heavy atom. The van der Waals surface area contributed by atoms with E-state index in [1.165, 1.54) is 12.1 Å². The standard InChI is InChI=1S/C18H20F3N3O2/c19-18(20,21)14-4-3-13(9-15(14)22)26-16-10-24(12-1-2-12)23-17(16)11-5-7-25-8-6-11/h3-4,9-12H,1-2,5-8,22H2. The summed E-state index contributed by atoms with van der Waals surface area (Å²) in [6.45, 7) is 1.35. The molecule has 2 aliphatic rings. The number of rotatable bonds is 4. The summed E-state index contributed by atoms with van der Waals surface area (Å²) in [7, 11) is 0. The molecule has 1 aliphatic carbocycles. The molecule has 8 heteroatoms. The van der Waals surface area contributed by atoms with Crippen molar-refractivity contribution in [1.29, 1.82) is 0 Å². The fourth-order valence-corrected chi connectivity index (χ4v) is 3.24. The monoisotopic (exact) mass is 367 g/mol. The van der Waals surface area contributed by atoms with Gasteiger partial charge < -0.3 is 15.2 Å². The first kappa shape index (κ1) is 17.2. The third-order valence-electron chi connectivity index (χ3n) is 4.81. The zero-order valence-corrected chi connectivity index (χ0v) is 14.1. The highest BCUT2D eigenvalue weighted by Gasteiger charge is 2.33. The maximum absolute atomic E-state index is 12.9. The quantitative estimate of drug-likeness (QED) is 0.808. The number of anilines is 1. The zero-order valence-electron chi connectivity index (χ0n) is 14.1. The van der Waals surface area contributed by atoms with E-state index in [2.05, 4.69) is 0 Å². The van der Waals surface area contributed by atoms with Gasteiger partial charge in [0, 0.05) is 30.9 Å². The molecule has 1 saturated carbocycles. The summed E-state index contributed by atoms with van der Waals surface area (Å²) in [5.41, 5.74) is 5.21. The second-order valence-corrected chi connectivity index (χ2v) is 6.83. The van der Waals surface area contributed by atoms with E-state index >= 15 is 0 Å². The third kappa shape index (κ3) is 3.51. The van der Waals surface area contributed by atoms with Crippen LogP contribution in [0.25, 0.3) is 0 Å². The number of ether oxygens (including phenoxy) is 2. The van der Waals surface area contributed by atoms with Crippen molar-refractivity contribution < 1.29 is 22.6 Å². The van der Waals surface area contributed by atoms with Crippen LogP contribution in [0.2, 0.25) is 0 Å². The Bertz CT molecular complexity index is 793. The molecule has 0 spiro atoms. The molecule has 26 heavy (non-hydrogen) atoms. The van der Waals surface area contributed by atoms with Crippen molar-refractivity contribution in [2.75, 3.05) is 18.9 Å². The van der Waals surface area contributed by atoms with Crippen molar-refractivity contribution in [3.63, 3.8) is 0 Å². The summed E-state index contributed by atoms with van der Waals surface area (Å²) >= 11 is 0. The van der Waals surface area contributed by atoms with Gasteiger partial charge in [0.25, 0.3) is 0 Å².